The Morgan fingerprint density at radius 1 is 0.974 bits per heavy atom. The van der Waals surface area contributed by atoms with Crippen molar-refractivity contribution in [2.24, 2.45) is 23.7 Å². The number of ether oxygens (including phenoxy) is 1. The van der Waals surface area contributed by atoms with Crippen LogP contribution in [0.4, 0.5) is 5.69 Å². The summed E-state index contributed by atoms with van der Waals surface area (Å²) >= 11 is 0. The van der Waals surface area contributed by atoms with Crippen LogP contribution in [0.25, 0.3) is 0 Å². The Balaban J connectivity index is 1.31. The minimum absolute atomic E-state index is 0.00388. The molecule has 2 saturated carbocycles. The molecule has 1 aromatic carbocycles. The number of rotatable bonds is 5. The zero-order valence-electron chi connectivity index (χ0n) is 23.7. The Hall–Kier alpha value is -2.67. The molecule has 8 atom stereocenters. The first kappa shape index (κ1) is 26.5. The van der Waals surface area contributed by atoms with E-state index in [4.69, 9.17) is 4.74 Å². The van der Waals surface area contributed by atoms with Crippen molar-refractivity contribution in [1.82, 2.24) is 10.2 Å². The first-order valence-corrected chi connectivity index (χ1v) is 15.1. The van der Waals surface area contributed by atoms with Gasteiger partial charge in [0.2, 0.25) is 17.7 Å². The number of hydrogen-bond donors (Lipinski definition) is 2. The molecule has 2 N–H and O–H groups in total. The fourth-order valence-electron chi connectivity index (χ4n) is 8.05. The molecule has 1 spiro atoms. The van der Waals surface area contributed by atoms with E-state index in [1.54, 1.807) is 0 Å². The normalized spacial score (nSPS) is 37.7. The van der Waals surface area contributed by atoms with Crippen molar-refractivity contribution in [3.63, 3.8) is 0 Å². The van der Waals surface area contributed by atoms with Gasteiger partial charge in [0.05, 0.1) is 17.9 Å². The maximum atomic E-state index is 14.3. The third-order valence-electron chi connectivity index (χ3n) is 10.6. The molecular weight excluding hydrogens is 490 g/mol. The fraction of sp³-hybridized carbons (Fsp3) is 0.656. The standard InChI is InChI=1S/C32H43N3O4/c1-18-13-14-22(17-20(18)3)33-29(36)26-25-15-16-32(39-25)27(26)31(38)35(23-10-6-5-7-11-23)28(32)30(37)34-24-12-8-9-19(2)21(24)4/h13-17,19,21,23-28H,5-12H2,1-4H3,(H,33,36)(H,34,37). The molecule has 0 radical (unpaired) electrons. The molecule has 3 aliphatic heterocycles. The minimum atomic E-state index is -1.10. The summed E-state index contributed by atoms with van der Waals surface area (Å²) < 4.78 is 6.57. The van der Waals surface area contributed by atoms with Gasteiger partial charge >= 0.3 is 0 Å². The second-order valence-corrected chi connectivity index (χ2v) is 12.9. The number of carbonyl (C=O) groups is 3. The van der Waals surface area contributed by atoms with E-state index in [0.29, 0.717) is 17.5 Å². The first-order valence-electron chi connectivity index (χ1n) is 15.1. The summed E-state index contributed by atoms with van der Waals surface area (Å²) in [6.07, 6.45) is 11.6. The molecule has 7 heteroatoms. The SMILES string of the molecule is Cc1ccc(NC(=O)C2C3C=CC4(O3)C2C(=O)N(C2CCCCC2)C4C(=O)NC2CCCC(C)C2C)cc1C. The Morgan fingerprint density at radius 3 is 2.49 bits per heavy atom. The lowest BCUT2D eigenvalue weighted by molar-refractivity contribution is -0.145. The summed E-state index contributed by atoms with van der Waals surface area (Å²) in [5.74, 6) is -0.869. The molecule has 5 aliphatic rings. The van der Waals surface area contributed by atoms with E-state index >= 15 is 0 Å². The largest absolute Gasteiger partial charge is 0.359 e. The number of amides is 3. The summed E-state index contributed by atoms with van der Waals surface area (Å²) in [6.45, 7) is 8.53. The lowest BCUT2D eigenvalue weighted by Crippen LogP contribution is -2.59. The summed E-state index contributed by atoms with van der Waals surface area (Å²) in [4.78, 5) is 44.1. The van der Waals surface area contributed by atoms with Crippen molar-refractivity contribution in [2.45, 2.75) is 109 Å². The molecule has 2 aliphatic carbocycles. The Labute approximate surface area is 232 Å². The number of hydrogen-bond acceptors (Lipinski definition) is 4. The highest BCUT2D eigenvalue weighted by Gasteiger charge is 2.73. The molecule has 39 heavy (non-hydrogen) atoms. The van der Waals surface area contributed by atoms with Crippen molar-refractivity contribution < 1.29 is 19.1 Å². The van der Waals surface area contributed by atoms with Crippen LogP contribution in [0.5, 0.6) is 0 Å². The van der Waals surface area contributed by atoms with Gasteiger partial charge < -0.3 is 20.3 Å². The van der Waals surface area contributed by atoms with Gasteiger partial charge in [-0.15, -0.1) is 0 Å². The van der Waals surface area contributed by atoms with Gasteiger partial charge in [-0.05, 0) is 68.2 Å². The number of likely N-dealkylation sites (tertiary alicyclic amines) is 1. The predicted molar refractivity (Wildman–Crippen MR) is 150 cm³/mol. The molecule has 8 unspecified atom stereocenters. The average molecular weight is 534 g/mol. The number of anilines is 1. The predicted octanol–water partition coefficient (Wildman–Crippen LogP) is 4.67. The van der Waals surface area contributed by atoms with Crippen molar-refractivity contribution in [2.75, 3.05) is 5.32 Å². The van der Waals surface area contributed by atoms with Crippen LogP contribution in [0.15, 0.2) is 30.4 Å². The second-order valence-electron chi connectivity index (χ2n) is 12.9. The highest BCUT2D eigenvalue weighted by Crippen LogP contribution is 2.56. The Kier molecular flexibility index (Phi) is 6.85. The average Bonchev–Trinajstić information content (AvgIpc) is 3.56. The smallest absolute Gasteiger partial charge is 0.246 e. The van der Waals surface area contributed by atoms with Crippen LogP contribution < -0.4 is 10.6 Å². The van der Waals surface area contributed by atoms with Crippen molar-refractivity contribution >= 4 is 23.4 Å². The van der Waals surface area contributed by atoms with E-state index in [1.165, 1.54) is 6.42 Å². The van der Waals surface area contributed by atoms with Crippen molar-refractivity contribution in [1.29, 1.82) is 0 Å². The van der Waals surface area contributed by atoms with E-state index < -0.39 is 29.6 Å². The zero-order valence-corrected chi connectivity index (χ0v) is 23.7. The molecule has 7 nitrogen and oxygen atoms in total. The highest BCUT2D eigenvalue weighted by atomic mass is 16.5. The van der Waals surface area contributed by atoms with Crippen LogP contribution in [-0.4, -0.2) is 52.5 Å². The van der Waals surface area contributed by atoms with Gasteiger partial charge in [-0.2, -0.15) is 0 Å². The summed E-state index contributed by atoms with van der Waals surface area (Å²) in [7, 11) is 0. The summed E-state index contributed by atoms with van der Waals surface area (Å²) in [5.41, 5.74) is 1.87. The maximum absolute atomic E-state index is 14.3. The number of carbonyl (C=O) groups excluding carboxylic acids is 3. The molecule has 3 amide bonds. The molecule has 2 bridgehead atoms. The molecule has 2 saturated heterocycles. The van der Waals surface area contributed by atoms with E-state index in [0.717, 1.165) is 56.1 Å². The van der Waals surface area contributed by atoms with Gasteiger partial charge in [0.15, 0.2) is 0 Å². The highest BCUT2D eigenvalue weighted by molar-refractivity contribution is 6.03. The second kappa shape index (κ2) is 10.1. The lowest BCUT2D eigenvalue weighted by Gasteiger charge is -2.40. The molecule has 3 heterocycles. The van der Waals surface area contributed by atoms with E-state index in [9.17, 15) is 14.4 Å². The lowest BCUT2D eigenvalue weighted by atomic mass is 9.73. The van der Waals surface area contributed by atoms with Crippen LogP contribution >= 0.6 is 0 Å². The zero-order chi connectivity index (χ0) is 27.5. The van der Waals surface area contributed by atoms with E-state index in [-0.39, 0.29) is 29.8 Å². The topological polar surface area (TPSA) is 87.7 Å². The van der Waals surface area contributed by atoms with Crippen molar-refractivity contribution in [3.05, 3.63) is 41.5 Å². The van der Waals surface area contributed by atoms with Crippen LogP contribution in [-0.2, 0) is 19.1 Å². The monoisotopic (exact) mass is 533 g/mol. The van der Waals surface area contributed by atoms with Gasteiger partial charge in [0.1, 0.15) is 11.6 Å². The van der Waals surface area contributed by atoms with Gasteiger partial charge in [0, 0.05) is 17.8 Å². The molecular formula is C32H43N3O4. The fourth-order valence-corrected chi connectivity index (χ4v) is 8.05. The summed E-state index contributed by atoms with van der Waals surface area (Å²) in [5, 5.41) is 6.43. The van der Waals surface area contributed by atoms with Crippen LogP contribution in [0.1, 0.15) is 76.3 Å². The minimum Gasteiger partial charge on any atom is -0.359 e. The molecule has 6 rings (SSSR count). The molecule has 210 valence electrons. The number of benzene rings is 1. The van der Waals surface area contributed by atoms with Gasteiger partial charge in [-0.3, -0.25) is 14.4 Å². The third-order valence-corrected chi connectivity index (χ3v) is 10.6. The molecule has 1 aromatic rings. The van der Waals surface area contributed by atoms with Crippen LogP contribution in [0.3, 0.4) is 0 Å². The van der Waals surface area contributed by atoms with Gasteiger partial charge in [0.25, 0.3) is 0 Å². The number of nitrogens with one attached hydrogen (secondary N) is 2. The van der Waals surface area contributed by atoms with E-state index in [1.807, 2.05) is 49.1 Å². The Morgan fingerprint density at radius 2 is 1.74 bits per heavy atom. The molecule has 4 fully saturated rings. The summed E-state index contributed by atoms with van der Waals surface area (Å²) in [6, 6.07) is 5.19. The molecule has 0 aromatic heterocycles. The number of aryl methyl sites for hydroxylation is 2. The maximum Gasteiger partial charge on any atom is 0.246 e. The third kappa shape index (κ3) is 4.32. The van der Waals surface area contributed by atoms with Crippen LogP contribution in [0.2, 0.25) is 0 Å². The van der Waals surface area contributed by atoms with E-state index in [2.05, 4.69) is 24.5 Å². The first-order chi connectivity index (χ1) is 18.7. The number of nitrogens with zero attached hydrogens (tertiary/aromatic N) is 1. The quantitative estimate of drug-likeness (QED) is 0.539. The van der Waals surface area contributed by atoms with Crippen molar-refractivity contribution in [3.8, 4) is 0 Å². The van der Waals surface area contributed by atoms with Crippen LogP contribution in [0, 0.1) is 37.5 Å². The number of fused-ring (bicyclic) bond motifs is 1. The van der Waals surface area contributed by atoms with Gasteiger partial charge in [-0.25, -0.2) is 0 Å². The Bertz CT molecular complexity index is 1190. The van der Waals surface area contributed by atoms with Gasteiger partial charge in [-0.1, -0.05) is 64.2 Å².